The number of rotatable bonds is 5. The summed E-state index contributed by atoms with van der Waals surface area (Å²) in [6, 6.07) is 6.41. The van der Waals surface area contributed by atoms with Crippen LogP contribution in [-0.2, 0) is 17.5 Å². The molecule has 0 spiro atoms. The van der Waals surface area contributed by atoms with Crippen molar-refractivity contribution in [3.8, 4) is 0 Å². The number of Topliss-reactive ketones (excluding diaryl/α,β-unsaturated/α-hetero) is 1. The van der Waals surface area contributed by atoms with E-state index in [1.54, 1.807) is 32.0 Å². The molecule has 8 heteroatoms. The lowest BCUT2D eigenvalue weighted by molar-refractivity contribution is -0.278. The first kappa shape index (κ1) is 19.7. The SMILES string of the molecule is Cc1cc(C2(C(F)(F)F)CC(c3ccc(C(=O)CC4CC4)c(C)c3)=NO2)n(C)n1. The number of aryl methyl sites for hydroxylation is 3. The molecule has 0 saturated heterocycles. The summed E-state index contributed by atoms with van der Waals surface area (Å²) >= 11 is 0. The van der Waals surface area contributed by atoms with Gasteiger partial charge in [-0.15, -0.1) is 0 Å². The van der Waals surface area contributed by atoms with Gasteiger partial charge in [0.1, 0.15) is 0 Å². The highest BCUT2D eigenvalue weighted by molar-refractivity contribution is 6.04. The van der Waals surface area contributed by atoms with E-state index in [0.717, 1.165) is 18.4 Å². The van der Waals surface area contributed by atoms with Crippen LogP contribution in [0.4, 0.5) is 13.2 Å². The zero-order chi connectivity index (χ0) is 21.0. The molecule has 0 amide bonds. The van der Waals surface area contributed by atoms with Crippen LogP contribution in [0.1, 0.15) is 58.6 Å². The first-order valence-electron chi connectivity index (χ1n) is 9.58. The third kappa shape index (κ3) is 3.45. The lowest BCUT2D eigenvalue weighted by atomic mass is 9.89. The van der Waals surface area contributed by atoms with E-state index in [2.05, 4.69) is 10.3 Å². The van der Waals surface area contributed by atoms with Crippen LogP contribution in [0.15, 0.2) is 29.4 Å². The molecule has 1 aliphatic heterocycles. The number of hydrogen-bond acceptors (Lipinski definition) is 4. The van der Waals surface area contributed by atoms with Gasteiger partial charge in [-0.2, -0.15) is 18.3 Å². The number of halogens is 3. The molecule has 0 bridgehead atoms. The molecule has 29 heavy (non-hydrogen) atoms. The molecule has 1 aliphatic carbocycles. The smallest absolute Gasteiger partial charge is 0.372 e. The normalized spacial score (nSPS) is 21.8. The summed E-state index contributed by atoms with van der Waals surface area (Å²) in [7, 11) is 1.46. The average Bonchev–Trinajstić information content (AvgIpc) is 3.20. The topological polar surface area (TPSA) is 56.5 Å². The van der Waals surface area contributed by atoms with Crippen molar-refractivity contribution < 1.29 is 22.8 Å². The van der Waals surface area contributed by atoms with Crippen LogP contribution in [0.5, 0.6) is 0 Å². The molecule has 1 aromatic heterocycles. The number of oxime groups is 1. The predicted molar refractivity (Wildman–Crippen MR) is 101 cm³/mol. The summed E-state index contributed by atoms with van der Waals surface area (Å²) in [5.74, 6) is 0.556. The van der Waals surface area contributed by atoms with Crippen LogP contribution >= 0.6 is 0 Å². The summed E-state index contributed by atoms with van der Waals surface area (Å²) in [6.45, 7) is 3.42. The first-order valence-corrected chi connectivity index (χ1v) is 9.58. The number of benzene rings is 1. The Labute approximate surface area is 166 Å². The van der Waals surface area contributed by atoms with Gasteiger partial charge in [-0.25, -0.2) is 0 Å². The quantitative estimate of drug-likeness (QED) is 0.683. The fourth-order valence-corrected chi connectivity index (χ4v) is 3.86. The molecule has 2 aliphatic rings. The van der Waals surface area contributed by atoms with Gasteiger partial charge in [0.15, 0.2) is 5.78 Å². The zero-order valence-electron chi connectivity index (χ0n) is 16.5. The summed E-state index contributed by atoms with van der Waals surface area (Å²) in [6.07, 6.45) is -2.42. The Hall–Kier alpha value is -2.64. The molecule has 4 rings (SSSR count). The van der Waals surface area contributed by atoms with Crippen LogP contribution in [0.25, 0.3) is 0 Å². The predicted octanol–water partition coefficient (Wildman–Crippen LogP) is 4.60. The van der Waals surface area contributed by atoms with Crippen molar-refractivity contribution in [1.82, 2.24) is 9.78 Å². The second kappa shape index (κ2) is 6.71. The van der Waals surface area contributed by atoms with Crippen molar-refractivity contribution in [2.24, 2.45) is 18.1 Å². The van der Waals surface area contributed by atoms with Crippen molar-refractivity contribution in [2.45, 2.75) is 51.3 Å². The number of alkyl halides is 3. The highest BCUT2D eigenvalue weighted by Gasteiger charge is 2.64. The molecule has 5 nitrogen and oxygen atoms in total. The number of carbonyl (C=O) groups excluding carboxylic acids is 1. The van der Waals surface area contributed by atoms with E-state index in [1.807, 2.05) is 0 Å². The lowest BCUT2D eigenvalue weighted by Gasteiger charge is -2.28. The fourth-order valence-electron chi connectivity index (χ4n) is 3.86. The van der Waals surface area contributed by atoms with Crippen LogP contribution in [0, 0.1) is 19.8 Å². The molecule has 2 heterocycles. The monoisotopic (exact) mass is 405 g/mol. The van der Waals surface area contributed by atoms with Gasteiger partial charge >= 0.3 is 6.18 Å². The summed E-state index contributed by atoms with van der Waals surface area (Å²) in [5, 5.41) is 7.83. The molecule has 1 atom stereocenters. The Balaban J connectivity index is 1.63. The number of nitrogens with zero attached hydrogens (tertiary/aromatic N) is 3. The van der Waals surface area contributed by atoms with Crippen LogP contribution in [0.3, 0.4) is 0 Å². The second-order valence-corrected chi connectivity index (χ2v) is 8.03. The van der Waals surface area contributed by atoms with Gasteiger partial charge in [0.05, 0.1) is 23.5 Å². The van der Waals surface area contributed by atoms with E-state index in [1.165, 1.54) is 17.8 Å². The van der Waals surface area contributed by atoms with Gasteiger partial charge in [-0.3, -0.25) is 9.48 Å². The third-order valence-electron chi connectivity index (χ3n) is 5.63. The van der Waals surface area contributed by atoms with Gasteiger partial charge < -0.3 is 4.84 Å². The summed E-state index contributed by atoms with van der Waals surface area (Å²) < 4.78 is 43.4. The summed E-state index contributed by atoms with van der Waals surface area (Å²) in [4.78, 5) is 17.5. The number of aromatic nitrogens is 2. The molecule has 0 N–H and O–H groups in total. The van der Waals surface area contributed by atoms with E-state index in [0.29, 0.717) is 29.2 Å². The molecule has 154 valence electrons. The molecule has 1 unspecified atom stereocenters. The van der Waals surface area contributed by atoms with Crippen molar-refractivity contribution >= 4 is 11.5 Å². The van der Waals surface area contributed by atoms with Crippen molar-refractivity contribution in [1.29, 1.82) is 0 Å². The Morgan fingerprint density at radius 1 is 1.28 bits per heavy atom. The van der Waals surface area contributed by atoms with Gasteiger partial charge in [0.2, 0.25) is 0 Å². The van der Waals surface area contributed by atoms with Crippen LogP contribution in [-0.4, -0.2) is 27.5 Å². The maximum atomic E-state index is 14.1. The van der Waals surface area contributed by atoms with E-state index in [-0.39, 0.29) is 17.2 Å². The number of carbonyl (C=O) groups is 1. The maximum absolute atomic E-state index is 14.1. The highest BCUT2D eigenvalue weighted by Crippen LogP contribution is 2.48. The van der Waals surface area contributed by atoms with E-state index < -0.39 is 18.2 Å². The van der Waals surface area contributed by atoms with Gasteiger partial charge in [-0.1, -0.05) is 17.3 Å². The largest absolute Gasteiger partial charge is 0.437 e. The van der Waals surface area contributed by atoms with Crippen LogP contribution < -0.4 is 0 Å². The van der Waals surface area contributed by atoms with Gasteiger partial charge in [0, 0.05) is 19.0 Å². The highest BCUT2D eigenvalue weighted by atomic mass is 19.4. The number of hydrogen-bond donors (Lipinski definition) is 0. The molecule has 0 radical (unpaired) electrons. The molecule has 2 aromatic rings. The lowest BCUT2D eigenvalue weighted by Crippen LogP contribution is -2.44. The van der Waals surface area contributed by atoms with Crippen molar-refractivity contribution in [3.63, 3.8) is 0 Å². The van der Waals surface area contributed by atoms with Crippen molar-refractivity contribution in [3.05, 3.63) is 52.3 Å². The molecule has 1 saturated carbocycles. The number of ketones is 1. The second-order valence-electron chi connectivity index (χ2n) is 8.03. The Bertz CT molecular complexity index is 1010. The van der Waals surface area contributed by atoms with E-state index in [9.17, 15) is 18.0 Å². The zero-order valence-corrected chi connectivity index (χ0v) is 16.5. The third-order valence-corrected chi connectivity index (χ3v) is 5.63. The van der Waals surface area contributed by atoms with E-state index in [4.69, 9.17) is 4.84 Å². The minimum atomic E-state index is -4.67. The average molecular weight is 405 g/mol. The van der Waals surface area contributed by atoms with E-state index >= 15 is 0 Å². The van der Waals surface area contributed by atoms with Gasteiger partial charge in [-0.05, 0) is 55.9 Å². The maximum Gasteiger partial charge on any atom is 0.437 e. The minimum absolute atomic E-state index is 0.0798. The van der Waals surface area contributed by atoms with Crippen molar-refractivity contribution in [2.75, 3.05) is 0 Å². The standard InChI is InChI=1S/C21H22F3N3O2/c1-12-8-15(6-7-16(12)18(28)10-14-4-5-14)17-11-20(29-26-17,21(22,23)24)19-9-13(2)25-27(19)3/h6-9,14H,4-5,10-11H2,1-3H3. The fraction of sp³-hybridized carbons (Fsp3) is 0.476. The Morgan fingerprint density at radius 2 is 2.00 bits per heavy atom. The molecular formula is C21H22F3N3O2. The Morgan fingerprint density at radius 3 is 2.55 bits per heavy atom. The molecule has 1 fully saturated rings. The molecular weight excluding hydrogens is 383 g/mol. The molecule has 1 aromatic carbocycles. The Kier molecular flexibility index (Phi) is 4.55. The first-order chi connectivity index (χ1) is 13.6. The van der Waals surface area contributed by atoms with Crippen LogP contribution in [0.2, 0.25) is 0 Å². The minimum Gasteiger partial charge on any atom is -0.372 e. The summed E-state index contributed by atoms with van der Waals surface area (Å²) in [5.41, 5.74) is -0.124. The van der Waals surface area contributed by atoms with Gasteiger partial charge in [0.25, 0.3) is 5.60 Å².